The molecule has 0 saturated carbocycles. The monoisotopic (exact) mass is 800 g/mol. The summed E-state index contributed by atoms with van der Waals surface area (Å²) in [6.07, 6.45) is 1.84. The molecular formula is C60H36N2O. The summed E-state index contributed by atoms with van der Waals surface area (Å²) in [6.45, 7) is 0. The lowest BCUT2D eigenvalue weighted by Crippen LogP contribution is -1.91. The highest BCUT2D eigenvalue weighted by atomic mass is 16.3. The number of fused-ring (bicyclic) bond motifs is 4. The summed E-state index contributed by atoms with van der Waals surface area (Å²) in [5, 5.41) is 11.9. The standard InChI is InChI=1S/C60H36N2O/c1-3-12-37(13-4-1)55-56(38-14-5-2-6-15-38)60(51-31-28-41-24-23-39-16-9-17-40-27-30-50(51)54(41)53(39)40)63-59(55)45-19-10-18-44(36-45)46-32-33-49(48-22-8-7-21-47(46)48)52-34-29-43-26-25-42-20-11-35-61-57(42)58(43)62-52/h1-36H. The van der Waals surface area contributed by atoms with E-state index in [1.165, 1.54) is 32.3 Å². The van der Waals surface area contributed by atoms with Crippen LogP contribution in [0.25, 0.3) is 132 Å². The van der Waals surface area contributed by atoms with Gasteiger partial charge in [0.05, 0.1) is 16.7 Å². The second-order valence-electron chi connectivity index (χ2n) is 16.4. The molecule has 10 aromatic carbocycles. The van der Waals surface area contributed by atoms with Crippen LogP contribution in [0, 0.1) is 0 Å². The quantitative estimate of drug-likeness (QED) is 0.157. The van der Waals surface area contributed by atoms with Crippen LogP contribution in [0.4, 0.5) is 0 Å². The number of rotatable bonds is 6. The summed E-state index contributed by atoms with van der Waals surface area (Å²) in [4.78, 5) is 9.97. The smallest absolute Gasteiger partial charge is 0.143 e. The van der Waals surface area contributed by atoms with Gasteiger partial charge in [-0.1, -0.05) is 188 Å². The van der Waals surface area contributed by atoms with Gasteiger partial charge in [0.2, 0.25) is 0 Å². The fourth-order valence-electron chi connectivity index (χ4n) is 9.99. The van der Waals surface area contributed by atoms with Crippen LogP contribution in [-0.4, -0.2) is 9.97 Å². The molecular weight excluding hydrogens is 765 g/mol. The first-order valence-corrected chi connectivity index (χ1v) is 21.5. The molecule has 3 heterocycles. The number of aromatic nitrogens is 2. The van der Waals surface area contributed by atoms with E-state index >= 15 is 0 Å². The lowest BCUT2D eigenvalue weighted by atomic mass is 9.88. The maximum Gasteiger partial charge on any atom is 0.143 e. The molecule has 0 amide bonds. The van der Waals surface area contributed by atoms with Crippen molar-refractivity contribution in [1.29, 1.82) is 0 Å². The molecule has 0 N–H and O–H groups in total. The molecule has 3 heteroatoms. The zero-order chi connectivity index (χ0) is 41.4. The van der Waals surface area contributed by atoms with Gasteiger partial charge in [0, 0.05) is 44.8 Å². The van der Waals surface area contributed by atoms with Crippen LogP contribution in [-0.2, 0) is 0 Å². The minimum atomic E-state index is 0.838. The summed E-state index contributed by atoms with van der Waals surface area (Å²) in [5.41, 5.74) is 12.5. The molecule has 0 aliphatic heterocycles. The maximum absolute atomic E-state index is 7.42. The Morgan fingerprint density at radius 3 is 1.63 bits per heavy atom. The van der Waals surface area contributed by atoms with Crippen molar-refractivity contribution in [3.63, 3.8) is 0 Å². The van der Waals surface area contributed by atoms with Crippen LogP contribution in [0.2, 0.25) is 0 Å². The van der Waals surface area contributed by atoms with Crippen LogP contribution in [0.1, 0.15) is 0 Å². The Kier molecular flexibility index (Phi) is 7.91. The van der Waals surface area contributed by atoms with Crippen molar-refractivity contribution in [2.45, 2.75) is 0 Å². The van der Waals surface area contributed by atoms with Crippen molar-refractivity contribution in [2.75, 3.05) is 0 Å². The molecule has 0 atom stereocenters. The maximum atomic E-state index is 7.42. The Morgan fingerprint density at radius 2 is 0.857 bits per heavy atom. The van der Waals surface area contributed by atoms with Gasteiger partial charge < -0.3 is 4.42 Å². The van der Waals surface area contributed by atoms with E-state index in [4.69, 9.17) is 14.4 Å². The first-order chi connectivity index (χ1) is 31.2. The zero-order valence-electron chi connectivity index (χ0n) is 34.1. The number of benzene rings is 10. The van der Waals surface area contributed by atoms with Gasteiger partial charge in [0.25, 0.3) is 0 Å². The van der Waals surface area contributed by atoms with E-state index in [1.54, 1.807) is 0 Å². The summed E-state index contributed by atoms with van der Waals surface area (Å²) >= 11 is 0. The highest BCUT2D eigenvalue weighted by Crippen LogP contribution is 2.51. The fourth-order valence-corrected chi connectivity index (χ4v) is 9.99. The molecule has 0 fully saturated rings. The van der Waals surface area contributed by atoms with Gasteiger partial charge in [-0.3, -0.25) is 4.98 Å². The molecule has 63 heavy (non-hydrogen) atoms. The Balaban J connectivity index is 1.02. The van der Waals surface area contributed by atoms with Crippen molar-refractivity contribution in [3.8, 4) is 67.3 Å². The second kappa shape index (κ2) is 14.1. The molecule has 0 aliphatic carbocycles. The molecule has 13 aromatic rings. The van der Waals surface area contributed by atoms with Crippen LogP contribution in [0.5, 0.6) is 0 Å². The molecule has 3 aromatic heterocycles. The van der Waals surface area contributed by atoms with Crippen molar-refractivity contribution in [3.05, 3.63) is 219 Å². The molecule has 0 spiro atoms. The normalized spacial score (nSPS) is 11.8. The van der Waals surface area contributed by atoms with E-state index in [-0.39, 0.29) is 0 Å². The van der Waals surface area contributed by atoms with Gasteiger partial charge in [0.15, 0.2) is 0 Å². The molecule has 3 nitrogen and oxygen atoms in total. The van der Waals surface area contributed by atoms with Crippen LogP contribution < -0.4 is 0 Å². The summed E-state index contributed by atoms with van der Waals surface area (Å²) in [7, 11) is 0. The van der Waals surface area contributed by atoms with Crippen LogP contribution in [0.3, 0.4) is 0 Å². The van der Waals surface area contributed by atoms with E-state index < -0.39 is 0 Å². The van der Waals surface area contributed by atoms with Gasteiger partial charge in [-0.25, -0.2) is 4.98 Å². The molecule has 292 valence electrons. The predicted molar refractivity (Wildman–Crippen MR) is 263 cm³/mol. The Morgan fingerprint density at radius 1 is 0.317 bits per heavy atom. The van der Waals surface area contributed by atoms with E-state index in [0.29, 0.717) is 0 Å². The Labute approximate surface area is 363 Å². The summed E-state index contributed by atoms with van der Waals surface area (Å²) in [6, 6.07) is 76.1. The van der Waals surface area contributed by atoms with Gasteiger partial charge in [0.1, 0.15) is 11.5 Å². The van der Waals surface area contributed by atoms with Crippen LogP contribution >= 0.6 is 0 Å². The minimum Gasteiger partial charge on any atom is -0.455 e. The zero-order valence-corrected chi connectivity index (χ0v) is 34.1. The highest BCUT2D eigenvalue weighted by molar-refractivity contribution is 6.26. The third-order valence-electron chi connectivity index (χ3n) is 12.9. The molecule has 0 bridgehead atoms. The number of hydrogen-bond acceptors (Lipinski definition) is 3. The largest absolute Gasteiger partial charge is 0.455 e. The average molecular weight is 801 g/mol. The number of hydrogen-bond donors (Lipinski definition) is 0. The third kappa shape index (κ3) is 5.60. The number of pyridine rings is 2. The number of furan rings is 1. The summed E-state index contributed by atoms with van der Waals surface area (Å²) in [5.74, 6) is 1.70. The summed E-state index contributed by atoms with van der Waals surface area (Å²) < 4.78 is 7.42. The predicted octanol–water partition coefficient (Wildman–Crippen LogP) is 16.4. The molecule has 0 aliphatic rings. The second-order valence-corrected chi connectivity index (χ2v) is 16.4. The van der Waals surface area contributed by atoms with Crippen molar-refractivity contribution < 1.29 is 4.42 Å². The van der Waals surface area contributed by atoms with E-state index in [1.807, 2.05) is 12.3 Å². The molecule has 0 radical (unpaired) electrons. The SMILES string of the molecule is c1ccc(-c2c(-c3cccc(-c4ccc(-c5ccc6ccc7cccnc7c6n5)c5ccccc45)c3)oc(-c3ccc4ccc5cccc6ccc3c4c56)c2-c2ccccc2)cc1. The molecule has 0 saturated heterocycles. The highest BCUT2D eigenvalue weighted by Gasteiger charge is 2.27. The van der Waals surface area contributed by atoms with Crippen molar-refractivity contribution >= 4 is 64.9 Å². The van der Waals surface area contributed by atoms with Gasteiger partial charge in [-0.05, 0) is 89.6 Å². The van der Waals surface area contributed by atoms with Gasteiger partial charge in [-0.15, -0.1) is 0 Å². The molecule has 13 rings (SSSR count). The third-order valence-corrected chi connectivity index (χ3v) is 12.9. The lowest BCUT2D eigenvalue weighted by molar-refractivity contribution is 0.599. The average Bonchev–Trinajstić information content (AvgIpc) is 3.76. The Bertz CT molecular complexity index is 3890. The Hall–Kier alpha value is -8.40. The first-order valence-electron chi connectivity index (χ1n) is 21.5. The van der Waals surface area contributed by atoms with E-state index in [9.17, 15) is 0 Å². The van der Waals surface area contributed by atoms with E-state index in [2.05, 4.69) is 206 Å². The molecule has 0 unspecified atom stereocenters. The van der Waals surface area contributed by atoms with Gasteiger partial charge >= 0.3 is 0 Å². The van der Waals surface area contributed by atoms with Crippen LogP contribution in [0.15, 0.2) is 223 Å². The lowest BCUT2D eigenvalue weighted by Gasteiger charge is -2.14. The first kappa shape index (κ1) is 35.4. The van der Waals surface area contributed by atoms with E-state index in [0.717, 1.165) is 99.9 Å². The van der Waals surface area contributed by atoms with Gasteiger partial charge in [-0.2, -0.15) is 0 Å². The van der Waals surface area contributed by atoms with Crippen molar-refractivity contribution in [2.24, 2.45) is 0 Å². The minimum absolute atomic E-state index is 0.838. The number of nitrogens with zero attached hydrogens (tertiary/aromatic N) is 2. The fraction of sp³-hybridized carbons (Fsp3) is 0. The topological polar surface area (TPSA) is 38.9 Å². The van der Waals surface area contributed by atoms with Crippen molar-refractivity contribution in [1.82, 2.24) is 9.97 Å².